The van der Waals surface area contributed by atoms with Crippen molar-refractivity contribution in [2.24, 2.45) is 7.05 Å². The van der Waals surface area contributed by atoms with E-state index in [9.17, 15) is 14.0 Å². The second-order valence-corrected chi connectivity index (χ2v) is 4.79. The number of anilines is 1. The Morgan fingerprint density at radius 3 is 2.77 bits per heavy atom. The predicted octanol–water partition coefficient (Wildman–Crippen LogP) is 2.32. The van der Waals surface area contributed by atoms with Crippen molar-refractivity contribution in [2.45, 2.75) is 0 Å². The van der Waals surface area contributed by atoms with E-state index in [0.29, 0.717) is 5.82 Å². The van der Waals surface area contributed by atoms with Gasteiger partial charge in [0.05, 0.1) is 5.52 Å². The first-order chi connectivity index (χ1) is 10.6. The average molecular weight is 297 g/mol. The molecule has 0 aliphatic heterocycles. The maximum atomic E-state index is 13.8. The summed E-state index contributed by atoms with van der Waals surface area (Å²) >= 11 is 0. The fraction of sp³-hybridized carbons (Fsp3) is 0.0625. The molecule has 110 valence electrons. The van der Waals surface area contributed by atoms with Crippen LogP contribution in [0.5, 0.6) is 0 Å². The molecule has 2 heterocycles. The molecule has 0 bridgehead atoms. The maximum Gasteiger partial charge on any atom is 0.262 e. The summed E-state index contributed by atoms with van der Waals surface area (Å²) in [5.74, 6) is -0.742. The normalized spacial score (nSPS) is 10.6. The third kappa shape index (κ3) is 2.35. The lowest BCUT2D eigenvalue weighted by molar-refractivity contribution is 0.102. The van der Waals surface area contributed by atoms with Gasteiger partial charge in [0.2, 0.25) is 5.43 Å². The van der Waals surface area contributed by atoms with Crippen molar-refractivity contribution in [3.63, 3.8) is 0 Å². The molecule has 0 saturated heterocycles. The Hall–Kier alpha value is -3.02. The Labute approximate surface area is 125 Å². The van der Waals surface area contributed by atoms with Gasteiger partial charge in [-0.1, -0.05) is 12.1 Å². The summed E-state index contributed by atoms with van der Waals surface area (Å²) in [6, 6.07) is 9.26. The molecule has 0 aliphatic carbocycles. The molecule has 2 aromatic heterocycles. The summed E-state index contributed by atoms with van der Waals surface area (Å²) < 4.78 is 15.3. The second kappa shape index (κ2) is 5.40. The molecule has 22 heavy (non-hydrogen) atoms. The number of hydrogen-bond acceptors (Lipinski definition) is 3. The van der Waals surface area contributed by atoms with E-state index in [0.717, 1.165) is 0 Å². The molecule has 0 radical (unpaired) electrons. The van der Waals surface area contributed by atoms with Gasteiger partial charge in [0.25, 0.3) is 5.91 Å². The van der Waals surface area contributed by atoms with E-state index in [2.05, 4.69) is 10.3 Å². The van der Waals surface area contributed by atoms with Gasteiger partial charge in [-0.15, -0.1) is 0 Å². The number of carbonyl (C=O) groups is 1. The zero-order valence-corrected chi connectivity index (χ0v) is 11.7. The molecule has 6 heteroatoms. The van der Waals surface area contributed by atoms with Gasteiger partial charge in [0, 0.05) is 24.8 Å². The molecule has 3 rings (SSSR count). The van der Waals surface area contributed by atoms with Crippen LogP contribution < -0.4 is 10.7 Å². The first kappa shape index (κ1) is 13.9. The van der Waals surface area contributed by atoms with Crippen molar-refractivity contribution in [2.75, 3.05) is 5.32 Å². The summed E-state index contributed by atoms with van der Waals surface area (Å²) in [7, 11) is 1.59. The van der Waals surface area contributed by atoms with Crippen LogP contribution in [0.1, 0.15) is 10.4 Å². The minimum absolute atomic E-state index is 0.0637. The van der Waals surface area contributed by atoms with E-state index in [-0.39, 0.29) is 16.5 Å². The van der Waals surface area contributed by atoms with Crippen LogP contribution >= 0.6 is 0 Å². The average Bonchev–Trinajstić information content (AvgIpc) is 2.51. The van der Waals surface area contributed by atoms with Crippen LogP contribution in [0.4, 0.5) is 10.2 Å². The van der Waals surface area contributed by atoms with E-state index in [1.54, 1.807) is 25.2 Å². The number of fused-ring (bicyclic) bond motifs is 1. The summed E-state index contributed by atoms with van der Waals surface area (Å²) in [4.78, 5) is 28.6. The lowest BCUT2D eigenvalue weighted by Crippen LogP contribution is -2.24. The molecular formula is C16H12FN3O2. The minimum Gasteiger partial charge on any atom is -0.347 e. The van der Waals surface area contributed by atoms with E-state index in [4.69, 9.17) is 0 Å². The lowest BCUT2D eigenvalue weighted by Gasteiger charge is -2.09. The van der Waals surface area contributed by atoms with Crippen molar-refractivity contribution < 1.29 is 9.18 Å². The van der Waals surface area contributed by atoms with Crippen LogP contribution in [0.2, 0.25) is 0 Å². The number of nitrogens with one attached hydrogen (secondary N) is 1. The number of nitrogens with zero attached hydrogens (tertiary/aromatic N) is 2. The van der Waals surface area contributed by atoms with E-state index < -0.39 is 17.2 Å². The topological polar surface area (TPSA) is 64.0 Å². The Morgan fingerprint density at radius 1 is 1.23 bits per heavy atom. The molecule has 0 spiro atoms. The third-order valence-corrected chi connectivity index (χ3v) is 3.30. The number of halogens is 1. The SMILES string of the molecule is Cn1cc(C(=O)Nc2ccccn2)c(=O)c2cccc(F)c21. The summed E-state index contributed by atoms with van der Waals surface area (Å²) in [6.45, 7) is 0. The van der Waals surface area contributed by atoms with Crippen molar-refractivity contribution in [3.05, 3.63) is 70.4 Å². The quantitative estimate of drug-likeness (QED) is 0.789. The maximum absolute atomic E-state index is 13.8. The van der Waals surface area contributed by atoms with E-state index >= 15 is 0 Å². The van der Waals surface area contributed by atoms with Gasteiger partial charge in [-0.05, 0) is 24.3 Å². The number of pyridine rings is 2. The molecular weight excluding hydrogens is 285 g/mol. The lowest BCUT2D eigenvalue weighted by atomic mass is 10.1. The number of carbonyl (C=O) groups excluding carboxylic acids is 1. The predicted molar refractivity (Wildman–Crippen MR) is 81.3 cm³/mol. The number of rotatable bonds is 2. The fourth-order valence-electron chi connectivity index (χ4n) is 2.30. The minimum atomic E-state index is -0.578. The van der Waals surface area contributed by atoms with Crippen LogP contribution in [0, 0.1) is 5.82 Å². The number of aromatic nitrogens is 2. The first-order valence-corrected chi connectivity index (χ1v) is 6.58. The van der Waals surface area contributed by atoms with Crippen LogP contribution in [-0.2, 0) is 7.05 Å². The Morgan fingerprint density at radius 2 is 2.05 bits per heavy atom. The summed E-state index contributed by atoms with van der Waals surface area (Å²) in [5, 5.41) is 2.71. The van der Waals surface area contributed by atoms with Crippen molar-refractivity contribution in [1.82, 2.24) is 9.55 Å². The number of aryl methyl sites for hydroxylation is 1. The molecule has 3 aromatic rings. The van der Waals surface area contributed by atoms with Crippen molar-refractivity contribution >= 4 is 22.6 Å². The highest BCUT2D eigenvalue weighted by Gasteiger charge is 2.16. The third-order valence-electron chi connectivity index (χ3n) is 3.30. The van der Waals surface area contributed by atoms with Crippen LogP contribution in [0.15, 0.2) is 53.6 Å². The summed E-state index contributed by atoms with van der Waals surface area (Å²) in [5.41, 5.74) is -0.408. The van der Waals surface area contributed by atoms with Gasteiger partial charge < -0.3 is 9.88 Å². The highest BCUT2D eigenvalue weighted by Crippen LogP contribution is 2.15. The van der Waals surface area contributed by atoms with Gasteiger partial charge in [0.15, 0.2) is 0 Å². The zero-order valence-electron chi connectivity index (χ0n) is 11.7. The zero-order chi connectivity index (χ0) is 15.7. The Balaban J connectivity index is 2.10. The highest BCUT2D eigenvalue weighted by atomic mass is 19.1. The highest BCUT2D eigenvalue weighted by molar-refractivity contribution is 6.05. The van der Waals surface area contributed by atoms with Gasteiger partial charge in [0.1, 0.15) is 17.2 Å². The van der Waals surface area contributed by atoms with Crippen molar-refractivity contribution in [3.8, 4) is 0 Å². The number of benzene rings is 1. The summed E-state index contributed by atoms with van der Waals surface area (Å²) in [6.07, 6.45) is 2.86. The van der Waals surface area contributed by atoms with Crippen LogP contribution in [0.25, 0.3) is 10.9 Å². The monoisotopic (exact) mass is 297 g/mol. The van der Waals surface area contributed by atoms with Gasteiger partial charge in [-0.3, -0.25) is 9.59 Å². The molecule has 0 atom stereocenters. The van der Waals surface area contributed by atoms with Crippen molar-refractivity contribution in [1.29, 1.82) is 0 Å². The number of amides is 1. The Bertz CT molecular complexity index is 920. The first-order valence-electron chi connectivity index (χ1n) is 6.58. The molecule has 1 aromatic carbocycles. The molecule has 0 unspecified atom stereocenters. The van der Waals surface area contributed by atoms with Gasteiger partial charge >= 0.3 is 0 Å². The molecule has 1 amide bonds. The molecule has 1 N–H and O–H groups in total. The molecule has 5 nitrogen and oxygen atoms in total. The van der Waals surface area contributed by atoms with E-state index in [1.165, 1.54) is 35.2 Å². The smallest absolute Gasteiger partial charge is 0.262 e. The van der Waals surface area contributed by atoms with Gasteiger partial charge in [-0.25, -0.2) is 9.37 Å². The van der Waals surface area contributed by atoms with Crippen LogP contribution in [0.3, 0.4) is 0 Å². The standard InChI is InChI=1S/C16H12FN3O2/c1-20-9-11(16(22)19-13-7-2-3-8-18-13)15(21)10-5-4-6-12(17)14(10)20/h2-9H,1H3,(H,18,19,22). The Kier molecular flexibility index (Phi) is 3.42. The molecule has 0 aliphatic rings. The molecule has 0 saturated carbocycles. The second-order valence-electron chi connectivity index (χ2n) is 4.79. The van der Waals surface area contributed by atoms with Crippen LogP contribution in [-0.4, -0.2) is 15.5 Å². The van der Waals surface area contributed by atoms with Gasteiger partial charge in [-0.2, -0.15) is 0 Å². The van der Waals surface area contributed by atoms with E-state index in [1.807, 2.05) is 0 Å². The number of para-hydroxylation sites is 1. The molecule has 0 fully saturated rings. The largest absolute Gasteiger partial charge is 0.347 e. The number of hydrogen-bond donors (Lipinski definition) is 1. The fourth-order valence-corrected chi connectivity index (χ4v) is 2.30.